The summed E-state index contributed by atoms with van der Waals surface area (Å²) >= 11 is 0. The normalized spacial score (nSPS) is 15.3. The van der Waals surface area contributed by atoms with Gasteiger partial charge >= 0.3 is 0 Å². The second kappa shape index (κ2) is 11.8. The lowest BCUT2D eigenvalue weighted by atomic mass is 10.3. The van der Waals surface area contributed by atoms with Crippen molar-refractivity contribution in [1.82, 2.24) is 25.3 Å². The number of nitrogens with one attached hydrogen (secondary N) is 1. The molecule has 148 valence electrons. The van der Waals surface area contributed by atoms with Gasteiger partial charge in [-0.05, 0) is 19.1 Å². The van der Waals surface area contributed by atoms with E-state index in [2.05, 4.69) is 32.2 Å². The van der Waals surface area contributed by atoms with E-state index in [1.54, 1.807) is 18.7 Å². The van der Waals surface area contributed by atoms with Crippen LogP contribution in [-0.2, 0) is 6.54 Å². The molecule has 1 fully saturated rings. The number of rotatable bonds is 7. The third-order valence-electron chi connectivity index (χ3n) is 4.14. The molecule has 3 heterocycles. The van der Waals surface area contributed by atoms with E-state index in [0.29, 0.717) is 13.2 Å². The fourth-order valence-corrected chi connectivity index (χ4v) is 2.84. The summed E-state index contributed by atoms with van der Waals surface area (Å²) in [7, 11) is 0. The average Bonchev–Trinajstić information content (AvgIpc) is 3.19. The smallest absolute Gasteiger partial charge is 0.194 e. The first kappa shape index (κ1) is 21.4. The zero-order valence-corrected chi connectivity index (χ0v) is 17.9. The van der Waals surface area contributed by atoms with Gasteiger partial charge in [0.2, 0.25) is 0 Å². The standard InChI is InChI=1S/C18H26N6O2.HI/c1-2-20-18(21-7-13-25-17-4-3-6-19-14-17)24-10-8-23(9-11-24)15-16-5-12-26-22-16;/h3-6,12,14H,2,7-11,13,15H2,1H3,(H,20,21);1H. The number of piperazine rings is 1. The first-order valence-electron chi connectivity index (χ1n) is 9.03. The minimum Gasteiger partial charge on any atom is -0.490 e. The van der Waals surface area contributed by atoms with Gasteiger partial charge in [0.25, 0.3) is 0 Å². The highest BCUT2D eigenvalue weighted by Gasteiger charge is 2.20. The second-order valence-electron chi connectivity index (χ2n) is 6.03. The predicted molar refractivity (Wildman–Crippen MR) is 114 cm³/mol. The van der Waals surface area contributed by atoms with Crippen molar-refractivity contribution in [3.63, 3.8) is 0 Å². The van der Waals surface area contributed by atoms with Crippen molar-refractivity contribution in [2.45, 2.75) is 13.5 Å². The summed E-state index contributed by atoms with van der Waals surface area (Å²) in [5, 5.41) is 7.36. The van der Waals surface area contributed by atoms with Crippen molar-refractivity contribution >= 4 is 29.9 Å². The first-order chi connectivity index (χ1) is 12.8. The lowest BCUT2D eigenvalue weighted by molar-refractivity contribution is 0.169. The van der Waals surface area contributed by atoms with Gasteiger partial charge in [0.15, 0.2) is 5.96 Å². The zero-order valence-electron chi connectivity index (χ0n) is 15.6. The largest absolute Gasteiger partial charge is 0.490 e. The summed E-state index contributed by atoms with van der Waals surface area (Å²) in [6, 6.07) is 5.68. The van der Waals surface area contributed by atoms with Gasteiger partial charge in [0, 0.05) is 51.5 Å². The van der Waals surface area contributed by atoms with E-state index in [1.807, 2.05) is 18.2 Å². The Kier molecular flexibility index (Phi) is 9.32. The number of halogens is 1. The SMILES string of the molecule is CCNC(=NCCOc1cccnc1)N1CCN(Cc2ccon2)CC1.I. The third-order valence-corrected chi connectivity index (χ3v) is 4.14. The van der Waals surface area contributed by atoms with Gasteiger partial charge in [-0.25, -0.2) is 4.99 Å². The minimum atomic E-state index is 0. The molecule has 1 aliphatic rings. The van der Waals surface area contributed by atoms with Gasteiger partial charge in [-0.15, -0.1) is 24.0 Å². The number of hydrogen-bond donors (Lipinski definition) is 1. The Bertz CT molecular complexity index is 660. The lowest BCUT2D eigenvalue weighted by Gasteiger charge is -2.36. The monoisotopic (exact) mass is 486 g/mol. The lowest BCUT2D eigenvalue weighted by Crippen LogP contribution is -2.52. The van der Waals surface area contributed by atoms with E-state index >= 15 is 0 Å². The van der Waals surface area contributed by atoms with Crippen LogP contribution in [0.5, 0.6) is 5.75 Å². The van der Waals surface area contributed by atoms with Gasteiger partial charge in [-0.2, -0.15) is 0 Å². The van der Waals surface area contributed by atoms with Crippen LogP contribution in [0.4, 0.5) is 0 Å². The Labute approximate surface area is 177 Å². The van der Waals surface area contributed by atoms with E-state index < -0.39 is 0 Å². The Morgan fingerprint density at radius 1 is 1.30 bits per heavy atom. The molecule has 1 aliphatic heterocycles. The molecule has 0 spiro atoms. The van der Waals surface area contributed by atoms with E-state index in [9.17, 15) is 0 Å². The molecule has 0 amide bonds. The predicted octanol–water partition coefficient (Wildman–Crippen LogP) is 1.85. The summed E-state index contributed by atoms with van der Waals surface area (Å²) in [5.41, 5.74) is 0.978. The molecular weight excluding hydrogens is 459 g/mol. The maximum atomic E-state index is 5.66. The van der Waals surface area contributed by atoms with E-state index in [4.69, 9.17) is 14.3 Å². The van der Waals surface area contributed by atoms with Crippen LogP contribution in [-0.4, -0.2) is 71.8 Å². The van der Waals surface area contributed by atoms with Crippen LogP contribution < -0.4 is 10.1 Å². The van der Waals surface area contributed by atoms with Crippen molar-refractivity contribution in [1.29, 1.82) is 0 Å². The van der Waals surface area contributed by atoms with Crippen molar-refractivity contribution in [2.75, 3.05) is 45.9 Å². The van der Waals surface area contributed by atoms with E-state index in [1.165, 1.54) is 0 Å². The molecule has 2 aromatic rings. The van der Waals surface area contributed by atoms with Crippen molar-refractivity contribution in [2.24, 2.45) is 4.99 Å². The van der Waals surface area contributed by atoms with E-state index in [0.717, 1.165) is 56.7 Å². The molecule has 0 saturated carbocycles. The number of ether oxygens (including phenoxy) is 1. The van der Waals surface area contributed by atoms with Crippen LogP contribution in [0.25, 0.3) is 0 Å². The molecule has 0 bridgehead atoms. The molecule has 0 aliphatic carbocycles. The number of pyridine rings is 1. The van der Waals surface area contributed by atoms with Crippen LogP contribution in [0.1, 0.15) is 12.6 Å². The number of aromatic nitrogens is 2. The molecule has 1 N–H and O–H groups in total. The maximum Gasteiger partial charge on any atom is 0.194 e. The van der Waals surface area contributed by atoms with Gasteiger partial charge in [-0.1, -0.05) is 5.16 Å². The molecule has 0 unspecified atom stereocenters. The third kappa shape index (κ3) is 6.98. The van der Waals surface area contributed by atoms with Crippen molar-refractivity contribution < 1.29 is 9.26 Å². The van der Waals surface area contributed by atoms with Crippen LogP contribution in [0.15, 0.2) is 46.4 Å². The number of hydrogen-bond acceptors (Lipinski definition) is 6. The van der Waals surface area contributed by atoms with Crippen LogP contribution in [0.3, 0.4) is 0 Å². The van der Waals surface area contributed by atoms with Gasteiger partial charge in [0.05, 0.1) is 18.4 Å². The number of guanidine groups is 1. The first-order valence-corrected chi connectivity index (χ1v) is 9.03. The summed E-state index contributed by atoms with van der Waals surface area (Å²) in [6.45, 7) is 8.73. The minimum absolute atomic E-state index is 0. The highest BCUT2D eigenvalue weighted by atomic mass is 127. The maximum absolute atomic E-state index is 5.66. The Hall–Kier alpha value is -1.88. The molecular formula is C18H27IN6O2. The zero-order chi connectivity index (χ0) is 18.0. The highest BCUT2D eigenvalue weighted by molar-refractivity contribution is 14.0. The van der Waals surface area contributed by atoms with Gasteiger partial charge in [-0.3, -0.25) is 9.88 Å². The molecule has 8 nitrogen and oxygen atoms in total. The van der Waals surface area contributed by atoms with Crippen molar-refractivity contribution in [3.8, 4) is 5.75 Å². The molecule has 0 radical (unpaired) electrons. The fraction of sp³-hybridized carbons (Fsp3) is 0.500. The van der Waals surface area contributed by atoms with Crippen LogP contribution in [0.2, 0.25) is 0 Å². The molecule has 1 saturated heterocycles. The molecule has 27 heavy (non-hydrogen) atoms. The molecule has 2 aromatic heterocycles. The summed E-state index contributed by atoms with van der Waals surface area (Å²) in [4.78, 5) is 13.4. The molecule has 3 rings (SSSR count). The summed E-state index contributed by atoms with van der Waals surface area (Å²) < 4.78 is 10.6. The van der Waals surface area contributed by atoms with Crippen LogP contribution in [0, 0.1) is 0 Å². The van der Waals surface area contributed by atoms with Crippen molar-refractivity contribution in [3.05, 3.63) is 42.5 Å². The quantitative estimate of drug-likeness (QED) is 0.277. The van der Waals surface area contributed by atoms with E-state index in [-0.39, 0.29) is 24.0 Å². The summed E-state index contributed by atoms with van der Waals surface area (Å²) in [5.74, 6) is 1.72. The number of nitrogens with zero attached hydrogens (tertiary/aromatic N) is 5. The molecule has 0 atom stereocenters. The topological polar surface area (TPSA) is 79.0 Å². The Balaban J connectivity index is 0.00000261. The fourth-order valence-electron chi connectivity index (χ4n) is 2.84. The number of aliphatic imine (C=N–C) groups is 1. The second-order valence-corrected chi connectivity index (χ2v) is 6.03. The Morgan fingerprint density at radius 2 is 2.15 bits per heavy atom. The Morgan fingerprint density at radius 3 is 2.81 bits per heavy atom. The van der Waals surface area contributed by atoms with Crippen LogP contribution >= 0.6 is 24.0 Å². The molecule has 9 heteroatoms. The average molecular weight is 486 g/mol. The van der Waals surface area contributed by atoms with Gasteiger partial charge < -0.3 is 19.5 Å². The highest BCUT2D eigenvalue weighted by Crippen LogP contribution is 2.08. The molecule has 0 aromatic carbocycles. The van der Waals surface area contributed by atoms with Gasteiger partial charge in [0.1, 0.15) is 18.6 Å². The summed E-state index contributed by atoms with van der Waals surface area (Å²) in [6.07, 6.45) is 5.06.